The van der Waals surface area contributed by atoms with Gasteiger partial charge < -0.3 is 20.4 Å². The second kappa shape index (κ2) is 8.93. The van der Waals surface area contributed by atoms with Gasteiger partial charge in [-0.1, -0.05) is 42.5 Å². The van der Waals surface area contributed by atoms with E-state index >= 15 is 0 Å². The Labute approximate surface area is 209 Å². The number of anilines is 2. The molecule has 1 aromatic carbocycles. The van der Waals surface area contributed by atoms with E-state index in [-0.39, 0.29) is 11.9 Å². The van der Waals surface area contributed by atoms with E-state index in [0.29, 0.717) is 50.8 Å². The third-order valence-corrected chi connectivity index (χ3v) is 7.44. The molecule has 1 fully saturated rings. The lowest BCUT2D eigenvalue weighted by Gasteiger charge is -2.28. The summed E-state index contributed by atoms with van der Waals surface area (Å²) < 4.78 is 6.27. The highest BCUT2D eigenvalue weighted by atomic mass is 35.5. The van der Waals surface area contributed by atoms with Gasteiger partial charge in [-0.3, -0.25) is 9.78 Å². The Morgan fingerprint density at radius 3 is 2.62 bits per heavy atom. The summed E-state index contributed by atoms with van der Waals surface area (Å²) in [6.45, 7) is 6.16. The van der Waals surface area contributed by atoms with Gasteiger partial charge in [-0.15, -0.1) is 0 Å². The lowest BCUT2D eigenvalue weighted by molar-refractivity contribution is 0.0906. The van der Waals surface area contributed by atoms with Crippen molar-refractivity contribution in [3.8, 4) is 5.75 Å². The summed E-state index contributed by atoms with van der Waals surface area (Å²) in [5.41, 5.74) is 3.08. The fraction of sp³-hybridized carbons (Fsp3) is 0.480. The van der Waals surface area contributed by atoms with Gasteiger partial charge in [0.05, 0.1) is 32.3 Å². The van der Waals surface area contributed by atoms with E-state index in [4.69, 9.17) is 27.9 Å². The fourth-order valence-corrected chi connectivity index (χ4v) is 5.60. The van der Waals surface area contributed by atoms with Gasteiger partial charge in [-0.05, 0) is 45.6 Å². The molecule has 0 radical (unpaired) electrons. The molecule has 7 nitrogen and oxygen atoms in total. The maximum atomic E-state index is 13.4. The van der Waals surface area contributed by atoms with Gasteiger partial charge >= 0.3 is 0 Å². The molecule has 9 heteroatoms. The van der Waals surface area contributed by atoms with E-state index in [2.05, 4.69) is 32.5 Å². The number of amides is 1. The second-order valence-electron chi connectivity index (χ2n) is 10.0. The lowest BCUT2D eigenvalue weighted by Crippen LogP contribution is -2.39. The molecule has 5 rings (SSSR count). The minimum Gasteiger partial charge on any atom is -0.486 e. The molecule has 3 N–H and O–H groups in total. The van der Waals surface area contributed by atoms with Gasteiger partial charge in [-0.2, -0.15) is 0 Å². The maximum Gasteiger partial charge on any atom is 0.255 e. The molecule has 2 aromatic heterocycles. The SMILES string of the molecule is CC(NC(=O)c1cc2nc(Nc3c(Cl)cncc3Cl)[nH]c2c2c1OC(C)(C)C2)C1CCCCC1. The van der Waals surface area contributed by atoms with Gasteiger partial charge in [0, 0.05) is 30.4 Å². The molecule has 1 atom stereocenters. The molecular weight excluding hydrogens is 473 g/mol. The number of hydrogen-bond donors (Lipinski definition) is 3. The Morgan fingerprint density at radius 1 is 1.21 bits per heavy atom. The van der Waals surface area contributed by atoms with E-state index in [1.54, 1.807) is 6.07 Å². The number of imidazole rings is 1. The number of carbonyl (C=O) groups excluding carboxylic acids is 1. The van der Waals surface area contributed by atoms with Gasteiger partial charge in [0.2, 0.25) is 5.95 Å². The van der Waals surface area contributed by atoms with Gasteiger partial charge in [0.15, 0.2) is 0 Å². The van der Waals surface area contributed by atoms with Crippen LogP contribution in [0.25, 0.3) is 11.0 Å². The largest absolute Gasteiger partial charge is 0.486 e. The van der Waals surface area contributed by atoms with E-state index in [9.17, 15) is 4.79 Å². The number of benzene rings is 1. The van der Waals surface area contributed by atoms with Crippen molar-refractivity contribution in [2.75, 3.05) is 5.32 Å². The summed E-state index contributed by atoms with van der Waals surface area (Å²) in [6, 6.07) is 1.91. The highest BCUT2D eigenvalue weighted by Gasteiger charge is 2.36. The van der Waals surface area contributed by atoms with Crippen LogP contribution in [0.1, 0.15) is 68.8 Å². The monoisotopic (exact) mass is 501 g/mol. The standard InChI is InChI=1S/C25H29Cl2N5O2/c1-13(14-7-5-4-6-8-14)29-23(33)15-9-19-20(16-10-25(2,3)34-22(15)16)31-24(30-19)32-21-17(26)11-28-12-18(21)27/h9,11-14H,4-8,10H2,1-3H3,(H,29,33)(H2,28,30,31,32). The number of ether oxygens (including phenoxy) is 1. The molecule has 1 amide bonds. The van der Waals surface area contributed by atoms with Crippen LogP contribution in [0.3, 0.4) is 0 Å². The number of nitrogens with zero attached hydrogens (tertiary/aromatic N) is 2. The molecule has 1 aliphatic heterocycles. The molecule has 2 aliphatic rings. The van der Waals surface area contributed by atoms with Crippen molar-refractivity contribution in [1.82, 2.24) is 20.3 Å². The number of H-pyrrole nitrogens is 1. The Bertz CT molecular complexity index is 1230. The van der Waals surface area contributed by atoms with Gasteiger partial charge in [-0.25, -0.2) is 4.98 Å². The summed E-state index contributed by atoms with van der Waals surface area (Å²) in [5.74, 6) is 1.50. The number of pyridine rings is 1. The lowest BCUT2D eigenvalue weighted by atomic mass is 9.84. The first-order valence-corrected chi connectivity index (χ1v) is 12.6. The van der Waals surface area contributed by atoms with Crippen molar-refractivity contribution >= 4 is 51.8 Å². The van der Waals surface area contributed by atoms with Crippen LogP contribution in [-0.4, -0.2) is 32.5 Å². The fourth-order valence-electron chi connectivity index (χ4n) is 5.14. The van der Waals surface area contributed by atoms with E-state index in [1.807, 2.05) is 13.8 Å². The van der Waals surface area contributed by atoms with Crippen molar-refractivity contribution in [2.45, 2.75) is 70.9 Å². The van der Waals surface area contributed by atoms with Gasteiger partial charge in [0.1, 0.15) is 11.4 Å². The number of fused-ring (bicyclic) bond motifs is 3. The van der Waals surface area contributed by atoms with Crippen LogP contribution in [0.2, 0.25) is 10.0 Å². The average Bonchev–Trinajstić information content (AvgIpc) is 3.35. The van der Waals surface area contributed by atoms with Gasteiger partial charge in [0.25, 0.3) is 5.91 Å². The summed E-state index contributed by atoms with van der Waals surface area (Å²) in [5, 5.41) is 7.17. The van der Waals surface area contributed by atoms with Crippen molar-refractivity contribution in [3.05, 3.63) is 39.6 Å². The van der Waals surface area contributed by atoms with E-state index in [0.717, 1.165) is 23.9 Å². The van der Waals surface area contributed by atoms with Crippen molar-refractivity contribution < 1.29 is 9.53 Å². The number of aromatic nitrogens is 3. The summed E-state index contributed by atoms with van der Waals surface area (Å²) in [4.78, 5) is 25.4. The van der Waals surface area contributed by atoms with Crippen LogP contribution >= 0.6 is 23.2 Å². The zero-order chi connectivity index (χ0) is 24.0. The topological polar surface area (TPSA) is 91.9 Å². The number of rotatable bonds is 5. The third-order valence-electron chi connectivity index (χ3n) is 6.87. The van der Waals surface area contributed by atoms with E-state index < -0.39 is 5.60 Å². The Balaban J connectivity index is 1.49. The first-order valence-electron chi connectivity index (χ1n) is 11.8. The number of carbonyl (C=O) groups is 1. The number of aromatic amines is 1. The molecule has 0 spiro atoms. The molecule has 1 aliphatic carbocycles. The molecule has 34 heavy (non-hydrogen) atoms. The Kier molecular flexibility index (Phi) is 6.10. The molecule has 3 heterocycles. The van der Waals surface area contributed by atoms with Crippen LogP contribution in [0.4, 0.5) is 11.6 Å². The Morgan fingerprint density at radius 2 is 1.91 bits per heavy atom. The van der Waals surface area contributed by atoms with Crippen LogP contribution < -0.4 is 15.4 Å². The molecular formula is C25H29Cl2N5O2. The van der Waals surface area contributed by atoms with Crippen molar-refractivity contribution in [1.29, 1.82) is 0 Å². The molecule has 1 saturated carbocycles. The Hall–Kier alpha value is -2.51. The highest BCUT2D eigenvalue weighted by Crippen LogP contribution is 2.42. The summed E-state index contributed by atoms with van der Waals surface area (Å²) >= 11 is 12.5. The zero-order valence-electron chi connectivity index (χ0n) is 19.6. The van der Waals surface area contributed by atoms with Crippen LogP contribution in [-0.2, 0) is 6.42 Å². The number of hydrogen-bond acceptors (Lipinski definition) is 5. The zero-order valence-corrected chi connectivity index (χ0v) is 21.1. The predicted molar refractivity (Wildman–Crippen MR) is 136 cm³/mol. The smallest absolute Gasteiger partial charge is 0.255 e. The second-order valence-corrected chi connectivity index (χ2v) is 10.8. The minimum atomic E-state index is -0.420. The molecule has 0 saturated heterocycles. The first kappa shape index (κ1) is 23.2. The normalized spacial score (nSPS) is 18.4. The summed E-state index contributed by atoms with van der Waals surface area (Å²) in [7, 11) is 0. The highest BCUT2D eigenvalue weighted by molar-refractivity contribution is 6.39. The summed E-state index contributed by atoms with van der Waals surface area (Å²) in [6.07, 6.45) is 9.78. The van der Waals surface area contributed by atoms with Crippen LogP contribution in [0.15, 0.2) is 18.5 Å². The molecule has 3 aromatic rings. The number of nitrogens with one attached hydrogen (secondary N) is 3. The third kappa shape index (κ3) is 4.43. The van der Waals surface area contributed by atoms with Crippen LogP contribution in [0.5, 0.6) is 5.75 Å². The average molecular weight is 502 g/mol. The first-order chi connectivity index (χ1) is 16.2. The molecule has 1 unspecified atom stereocenters. The predicted octanol–water partition coefficient (Wildman–Crippen LogP) is 6.42. The maximum absolute atomic E-state index is 13.4. The van der Waals surface area contributed by atoms with Crippen molar-refractivity contribution in [3.63, 3.8) is 0 Å². The number of halogens is 2. The van der Waals surface area contributed by atoms with Crippen LogP contribution in [0, 0.1) is 5.92 Å². The van der Waals surface area contributed by atoms with E-state index in [1.165, 1.54) is 31.7 Å². The molecule has 0 bridgehead atoms. The van der Waals surface area contributed by atoms with Crippen molar-refractivity contribution in [2.24, 2.45) is 5.92 Å². The molecule has 180 valence electrons. The minimum absolute atomic E-state index is 0.112. The quantitative estimate of drug-likeness (QED) is 0.375.